The molecule has 2 aromatic carbocycles. The number of ether oxygens (including phenoxy) is 1. The van der Waals surface area contributed by atoms with E-state index in [1.807, 2.05) is 26.0 Å². The summed E-state index contributed by atoms with van der Waals surface area (Å²) in [5, 5.41) is 2.86. The van der Waals surface area contributed by atoms with Gasteiger partial charge >= 0.3 is 0 Å². The zero-order valence-electron chi connectivity index (χ0n) is 16.7. The number of hydrogen-bond acceptors (Lipinski definition) is 3. The van der Waals surface area contributed by atoms with E-state index in [0.29, 0.717) is 18.7 Å². The molecule has 0 bridgehead atoms. The molecule has 0 unspecified atom stereocenters. The van der Waals surface area contributed by atoms with Crippen LogP contribution >= 0.6 is 22.6 Å². The summed E-state index contributed by atoms with van der Waals surface area (Å²) in [6.45, 7) is 4.40. The number of benzene rings is 2. The fourth-order valence-electron chi connectivity index (χ4n) is 2.83. The van der Waals surface area contributed by atoms with Gasteiger partial charge in [0.15, 0.2) is 6.61 Å². The predicted octanol–water partition coefficient (Wildman–Crippen LogP) is 4.14. The summed E-state index contributed by atoms with van der Waals surface area (Å²) < 4.78 is 19.9. The summed E-state index contributed by atoms with van der Waals surface area (Å²) in [6, 6.07) is 12.7. The first kappa shape index (κ1) is 23.1. The minimum Gasteiger partial charge on any atom is -0.484 e. The summed E-state index contributed by atoms with van der Waals surface area (Å²) in [7, 11) is 0. The Morgan fingerprint density at radius 3 is 2.34 bits per heavy atom. The molecular weight excluding hydrogens is 486 g/mol. The number of carbonyl (C=O) groups is 2. The van der Waals surface area contributed by atoms with Crippen molar-refractivity contribution < 1.29 is 18.7 Å². The minimum absolute atomic E-state index is 0.181. The number of hydrogen-bond donors (Lipinski definition) is 1. The molecule has 156 valence electrons. The lowest BCUT2D eigenvalue weighted by Gasteiger charge is -2.30. The predicted molar refractivity (Wildman–Crippen MR) is 119 cm³/mol. The van der Waals surface area contributed by atoms with Gasteiger partial charge in [0.2, 0.25) is 5.91 Å². The molecular formula is C22H26FIN2O3. The maximum Gasteiger partial charge on any atom is 0.261 e. The van der Waals surface area contributed by atoms with E-state index < -0.39 is 6.04 Å². The molecule has 7 heteroatoms. The van der Waals surface area contributed by atoms with Gasteiger partial charge < -0.3 is 15.0 Å². The van der Waals surface area contributed by atoms with Gasteiger partial charge in [0.25, 0.3) is 5.91 Å². The Morgan fingerprint density at radius 1 is 1.10 bits per heavy atom. The first-order valence-corrected chi connectivity index (χ1v) is 10.7. The van der Waals surface area contributed by atoms with Crippen LogP contribution in [0.4, 0.5) is 4.39 Å². The van der Waals surface area contributed by atoms with Gasteiger partial charge in [0, 0.05) is 16.7 Å². The number of halogens is 2. The van der Waals surface area contributed by atoms with Crippen molar-refractivity contribution in [3.63, 3.8) is 0 Å². The third kappa shape index (κ3) is 7.30. The summed E-state index contributed by atoms with van der Waals surface area (Å²) in [5.74, 6) is -0.254. The Bertz CT molecular complexity index is 797. The lowest BCUT2D eigenvalue weighted by Crippen LogP contribution is -2.50. The molecule has 5 nitrogen and oxygen atoms in total. The summed E-state index contributed by atoms with van der Waals surface area (Å²) >= 11 is 2.19. The Morgan fingerprint density at radius 2 is 1.76 bits per heavy atom. The van der Waals surface area contributed by atoms with Crippen LogP contribution in [0.15, 0.2) is 48.5 Å². The molecule has 0 aromatic heterocycles. The number of nitrogens with one attached hydrogen (secondary N) is 1. The number of carbonyl (C=O) groups excluding carboxylic acids is 2. The van der Waals surface area contributed by atoms with Crippen molar-refractivity contribution in [2.24, 2.45) is 0 Å². The van der Waals surface area contributed by atoms with E-state index in [0.717, 1.165) is 15.6 Å². The molecule has 0 fully saturated rings. The van der Waals surface area contributed by atoms with E-state index in [2.05, 4.69) is 27.9 Å². The SMILES string of the molecule is CCCNC(=O)[C@H](CC)N(Cc1ccc(F)cc1)C(=O)COc1ccc(I)cc1. The first-order valence-electron chi connectivity index (χ1n) is 9.64. The highest BCUT2D eigenvalue weighted by Gasteiger charge is 2.28. The van der Waals surface area contributed by atoms with Crippen molar-refractivity contribution in [1.29, 1.82) is 0 Å². The molecule has 0 spiro atoms. The normalized spacial score (nSPS) is 11.6. The highest BCUT2D eigenvalue weighted by atomic mass is 127. The van der Waals surface area contributed by atoms with Gasteiger partial charge in [0.05, 0.1) is 0 Å². The molecule has 1 N–H and O–H groups in total. The third-order valence-corrected chi connectivity index (χ3v) is 5.10. The lowest BCUT2D eigenvalue weighted by atomic mass is 10.1. The Kier molecular flexibility index (Phi) is 9.37. The Hall–Kier alpha value is -2.16. The largest absolute Gasteiger partial charge is 0.484 e. The average molecular weight is 512 g/mol. The molecule has 2 rings (SSSR count). The Balaban J connectivity index is 2.16. The van der Waals surface area contributed by atoms with Crippen LogP contribution in [-0.4, -0.2) is 35.9 Å². The smallest absolute Gasteiger partial charge is 0.261 e. The highest BCUT2D eigenvalue weighted by Crippen LogP contribution is 2.16. The molecule has 0 heterocycles. The molecule has 0 aliphatic carbocycles. The molecule has 0 aliphatic rings. The lowest BCUT2D eigenvalue weighted by molar-refractivity contribution is -0.143. The number of rotatable bonds is 10. The molecule has 1 atom stereocenters. The van der Waals surface area contributed by atoms with E-state index in [1.54, 1.807) is 24.3 Å². The first-order chi connectivity index (χ1) is 13.9. The molecule has 2 aromatic rings. The standard InChI is InChI=1S/C22H26FIN2O3/c1-3-13-25-22(28)20(4-2)26(14-16-5-7-17(23)8-6-16)21(27)15-29-19-11-9-18(24)10-12-19/h5-12,20H,3-4,13-15H2,1-2H3,(H,25,28)/t20-/m0/s1. The molecule has 0 radical (unpaired) electrons. The molecule has 29 heavy (non-hydrogen) atoms. The van der Waals surface area contributed by atoms with Gasteiger partial charge in [-0.25, -0.2) is 4.39 Å². The van der Waals surface area contributed by atoms with Crippen molar-refractivity contribution in [3.8, 4) is 5.75 Å². The van der Waals surface area contributed by atoms with Gasteiger partial charge in [0.1, 0.15) is 17.6 Å². The average Bonchev–Trinajstić information content (AvgIpc) is 2.72. The van der Waals surface area contributed by atoms with Crippen LogP contribution in [0, 0.1) is 9.39 Å². The van der Waals surface area contributed by atoms with Crippen molar-refractivity contribution in [1.82, 2.24) is 10.2 Å². The van der Waals surface area contributed by atoms with Crippen LogP contribution in [0.1, 0.15) is 32.3 Å². The van der Waals surface area contributed by atoms with Gasteiger partial charge in [-0.05, 0) is 77.4 Å². The van der Waals surface area contributed by atoms with Crippen LogP contribution in [0.5, 0.6) is 5.75 Å². The molecule has 0 saturated carbocycles. The van der Waals surface area contributed by atoms with Crippen molar-refractivity contribution >= 4 is 34.4 Å². The van der Waals surface area contributed by atoms with E-state index >= 15 is 0 Å². The van der Waals surface area contributed by atoms with Gasteiger partial charge in [-0.1, -0.05) is 26.0 Å². The molecule has 0 saturated heterocycles. The van der Waals surface area contributed by atoms with Crippen molar-refractivity contribution in [3.05, 3.63) is 63.5 Å². The van der Waals surface area contributed by atoms with Gasteiger partial charge in [-0.15, -0.1) is 0 Å². The van der Waals surface area contributed by atoms with Crippen LogP contribution in [0.3, 0.4) is 0 Å². The third-order valence-electron chi connectivity index (χ3n) is 4.38. The van der Waals surface area contributed by atoms with Crippen molar-refractivity contribution in [2.75, 3.05) is 13.2 Å². The molecule has 0 aliphatic heterocycles. The zero-order chi connectivity index (χ0) is 21.2. The van der Waals surface area contributed by atoms with Crippen LogP contribution in [-0.2, 0) is 16.1 Å². The monoisotopic (exact) mass is 512 g/mol. The van der Waals surface area contributed by atoms with E-state index in [1.165, 1.54) is 17.0 Å². The van der Waals surface area contributed by atoms with Crippen LogP contribution in [0.2, 0.25) is 0 Å². The Labute approximate surface area is 184 Å². The van der Waals surface area contributed by atoms with Crippen LogP contribution in [0.25, 0.3) is 0 Å². The minimum atomic E-state index is -0.626. The topological polar surface area (TPSA) is 58.6 Å². The van der Waals surface area contributed by atoms with Crippen LogP contribution < -0.4 is 10.1 Å². The zero-order valence-corrected chi connectivity index (χ0v) is 18.8. The summed E-state index contributed by atoms with van der Waals surface area (Å²) in [5.41, 5.74) is 0.746. The van der Waals surface area contributed by atoms with Gasteiger partial charge in [-0.2, -0.15) is 0 Å². The quantitative estimate of drug-likeness (QED) is 0.487. The second kappa shape index (κ2) is 11.7. The van der Waals surface area contributed by atoms with E-state index in [4.69, 9.17) is 4.74 Å². The number of amides is 2. The van der Waals surface area contributed by atoms with Gasteiger partial charge in [-0.3, -0.25) is 9.59 Å². The summed E-state index contributed by atoms with van der Waals surface area (Å²) in [4.78, 5) is 27.1. The number of nitrogens with zero attached hydrogens (tertiary/aromatic N) is 1. The van der Waals surface area contributed by atoms with Crippen molar-refractivity contribution in [2.45, 2.75) is 39.3 Å². The maximum absolute atomic E-state index is 13.2. The van der Waals surface area contributed by atoms with E-state index in [9.17, 15) is 14.0 Å². The fourth-order valence-corrected chi connectivity index (χ4v) is 3.19. The molecule has 2 amide bonds. The summed E-state index contributed by atoms with van der Waals surface area (Å²) in [6.07, 6.45) is 1.27. The van der Waals surface area contributed by atoms with E-state index in [-0.39, 0.29) is 30.8 Å². The second-order valence-corrected chi connectivity index (χ2v) is 7.85. The second-order valence-electron chi connectivity index (χ2n) is 6.61. The highest BCUT2D eigenvalue weighted by molar-refractivity contribution is 14.1. The maximum atomic E-state index is 13.2. The fraction of sp³-hybridized carbons (Fsp3) is 0.364.